The number of nitrogens with zero attached hydrogens (tertiary/aromatic N) is 4. The van der Waals surface area contributed by atoms with E-state index in [-0.39, 0.29) is 16.5 Å². The monoisotopic (exact) mass is 420 g/mol. The second-order valence-corrected chi connectivity index (χ2v) is 9.08. The van der Waals surface area contributed by atoms with Gasteiger partial charge in [0.1, 0.15) is 0 Å². The minimum absolute atomic E-state index is 0.159. The van der Waals surface area contributed by atoms with Gasteiger partial charge in [-0.3, -0.25) is 4.79 Å². The number of hydrogen-bond donors (Lipinski definition) is 0. The van der Waals surface area contributed by atoms with Crippen molar-refractivity contribution in [3.05, 3.63) is 82.6 Å². The molecule has 2 heterocycles. The van der Waals surface area contributed by atoms with Crippen molar-refractivity contribution >= 4 is 10.0 Å². The lowest BCUT2D eigenvalue weighted by Crippen LogP contribution is -2.41. The van der Waals surface area contributed by atoms with Crippen molar-refractivity contribution in [3.63, 3.8) is 0 Å². The molecular formula is C22H20N4O3S. The first-order valence-corrected chi connectivity index (χ1v) is 11.1. The van der Waals surface area contributed by atoms with E-state index in [0.717, 1.165) is 5.56 Å². The zero-order valence-electron chi connectivity index (χ0n) is 16.2. The number of sulfonamides is 1. The summed E-state index contributed by atoms with van der Waals surface area (Å²) < 4.78 is 28.7. The van der Waals surface area contributed by atoms with Crippen molar-refractivity contribution in [2.75, 3.05) is 13.1 Å². The standard InChI is InChI=1S/C22H20N4O3S/c23-16-17-6-8-20(9-7-17)30(28,29)25-14-12-19(13-15-25)26-22(27)11-10-21(24-26)18-4-2-1-3-5-18/h1-11,19H,12-15H2. The molecule has 152 valence electrons. The molecule has 8 heteroatoms. The third-order valence-electron chi connectivity index (χ3n) is 5.29. The predicted molar refractivity (Wildman–Crippen MR) is 112 cm³/mol. The van der Waals surface area contributed by atoms with Gasteiger partial charge in [-0.05, 0) is 43.2 Å². The summed E-state index contributed by atoms with van der Waals surface area (Å²) in [6, 6.07) is 20.6. The topological polar surface area (TPSA) is 96.1 Å². The summed E-state index contributed by atoms with van der Waals surface area (Å²) in [7, 11) is -3.64. The van der Waals surface area contributed by atoms with E-state index in [2.05, 4.69) is 5.10 Å². The molecule has 30 heavy (non-hydrogen) atoms. The number of hydrogen-bond acceptors (Lipinski definition) is 5. The Balaban J connectivity index is 1.52. The third-order valence-corrected chi connectivity index (χ3v) is 7.20. The van der Waals surface area contributed by atoms with Crippen LogP contribution in [0.4, 0.5) is 0 Å². The van der Waals surface area contributed by atoms with Crippen LogP contribution in [0.5, 0.6) is 0 Å². The van der Waals surface area contributed by atoms with Crippen LogP contribution in [0.3, 0.4) is 0 Å². The molecule has 0 radical (unpaired) electrons. The minimum Gasteiger partial charge on any atom is -0.268 e. The molecule has 4 rings (SSSR count). The highest BCUT2D eigenvalue weighted by Crippen LogP contribution is 2.26. The molecular weight excluding hydrogens is 400 g/mol. The second-order valence-electron chi connectivity index (χ2n) is 7.14. The summed E-state index contributed by atoms with van der Waals surface area (Å²) >= 11 is 0. The van der Waals surface area contributed by atoms with Gasteiger partial charge in [0.25, 0.3) is 5.56 Å². The Labute approximate surface area is 174 Å². The summed E-state index contributed by atoms with van der Waals surface area (Å²) in [6.45, 7) is 0.605. The Kier molecular flexibility index (Phi) is 5.48. The molecule has 1 aromatic heterocycles. The van der Waals surface area contributed by atoms with Gasteiger partial charge in [0.15, 0.2) is 0 Å². The van der Waals surface area contributed by atoms with Crippen molar-refractivity contribution in [1.82, 2.24) is 14.1 Å². The Morgan fingerprint density at radius 3 is 2.23 bits per heavy atom. The van der Waals surface area contributed by atoms with Crippen LogP contribution < -0.4 is 5.56 Å². The lowest BCUT2D eigenvalue weighted by Gasteiger charge is -2.31. The van der Waals surface area contributed by atoms with Crippen molar-refractivity contribution < 1.29 is 8.42 Å². The van der Waals surface area contributed by atoms with Gasteiger partial charge >= 0.3 is 0 Å². The molecule has 3 aromatic rings. The molecule has 2 aromatic carbocycles. The molecule has 1 aliphatic rings. The lowest BCUT2D eigenvalue weighted by molar-refractivity contribution is 0.255. The van der Waals surface area contributed by atoms with Gasteiger partial charge in [0.05, 0.1) is 28.3 Å². The molecule has 0 bridgehead atoms. The zero-order chi connectivity index (χ0) is 21.1. The zero-order valence-corrected chi connectivity index (χ0v) is 17.0. The van der Waals surface area contributed by atoms with Gasteiger partial charge < -0.3 is 0 Å². The third kappa shape index (κ3) is 3.90. The first-order valence-electron chi connectivity index (χ1n) is 9.64. The SMILES string of the molecule is N#Cc1ccc(S(=O)(=O)N2CCC(n3nc(-c4ccccc4)ccc3=O)CC2)cc1. The van der Waals surface area contributed by atoms with E-state index in [1.165, 1.54) is 39.3 Å². The molecule has 0 N–H and O–H groups in total. The number of aromatic nitrogens is 2. The number of piperidine rings is 1. The molecule has 0 amide bonds. The summed E-state index contributed by atoms with van der Waals surface area (Å²) in [5.41, 5.74) is 1.86. The average Bonchev–Trinajstić information content (AvgIpc) is 2.80. The highest BCUT2D eigenvalue weighted by atomic mass is 32.2. The van der Waals surface area contributed by atoms with Crippen molar-refractivity contribution in [2.45, 2.75) is 23.8 Å². The summed E-state index contributed by atoms with van der Waals surface area (Å²) in [5, 5.41) is 13.4. The van der Waals surface area contributed by atoms with Gasteiger partial charge in [-0.25, -0.2) is 13.1 Å². The highest BCUT2D eigenvalue weighted by molar-refractivity contribution is 7.89. The van der Waals surface area contributed by atoms with Crippen LogP contribution in [0.2, 0.25) is 0 Å². The minimum atomic E-state index is -3.64. The van der Waals surface area contributed by atoms with Crippen LogP contribution >= 0.6 is 0 Å². The fourth-order valence-electron chi connectivity index (χ4n) is 3.63. The number of nitriles is 1. The first kappa shape index (κ1) is 20.0. The van der Waals surface area contributed by atoms with Gasteiger partial charge in [0, 0.05) is 24.7 Å². The largest absolute Gasteiger partial charge is 0.268 e. The van der Waals surface area contributed by atoms with Crippen LogP contribution in [0.25, 0.3) is 11.3 Å². The van der Waals surface area contributed by atoms with E-state index in [1.54, 1.807) is 6.07 Å². The van der Waals surface area contributed by atoms with E-state index in [4.69, 9.17) is 5.26 Å². The van der Waals surface area contributed by atoms with Crippen LogP contribution in [-0.4, -0.2) is 35.6 Å². The Morgan fingerprint density at radius 2 is 1.60 bits per heavy atom. The molecule has 0 spiro atoms. The summed E-state index contributed by atoms with van der Waals surface area (Å²) in [5.74, 6) is 0. The molecule has 1 saturated heterocycles. The van der Waals surface area contributed by atoms with Crippen LogP contribution in [0, 0.1) is 11.3 Å². The second kappa shape index (κ2) is 8.22. The van der Waals surface area contributed by atoms with Crippen LogP contribution in [0.1, 0.15) is 24.4 Å². The number of benzene rings is 2. The van der Waals surface area contributed by atoms with E-state index in [9.17, 15) is 13.2 Å². The van der Waals surface area contributed by atoms with Gasteiger partial charge in [-0.15, -0.1) is 0 Å². The maximum atomic E-state index is 12.9. The van der Waals surface area contributed by atoms with Crippen LogP contribution in [-0.2, 0) is 10.0 Å². The molecule has 1 fully saturated rings. The van der Waals surface area contributed by atoms with E-state index >= 15 is 0 Å². The normalized spacial score (nSPS) is 15.6. The molecule has 7 nitrogen and oxygen atoms in total. The molecule has 0 atom stereocenters. The Hall–Kier alpha value is -3.28. The highest BCUT2D eigenvalue weighted by Gasteiger charge is 2.30. The van der Waals surface area contributed by atoms with Crippen LogP contribution in [0.15, 0.2) is 76.4 Å². The fourth-order valence-corrected chi connectivity index (χ4v) is 5.10. The van der Waals surface area contributed by atoms with Crippen molar-refractivity contribution in [3.8, 4) is 17.3 Å². The molecule has 0 saturated carbocycles. The predicted octanol–water partition coefficient (Wildman–Crippen LogP) is 2.81. The summed E-state index contributed by atoms with van der Waals surface area (Å²) in [6.07, 6.45) is 1.00. The van der Waals surface area contributed by atoms with E-state index in [0.29, 0.717) is 37.2 Å². The Bertz CT molecular complexity index is 1240. The van der Waals surface area contributed by atoms with E-state index in [1.807, 2.05) is 36.4 Å². The number of rotatable bonds is 4. The average molecular weight is 420 g/mol. The van der Waals surface area contributed by atoms with Gasteiger partial charge in [0.2, 0.25) is 10.0 Å². The van der Waals surface area contributed by atoms with Crippen molar-refractivity contribution in [2.24, 2.45) is 0 Å². The molecule has 0 aliphatic carbocycles. The van der Waals surface area contributed by atoms with Crippen molar-refractivity contribution in [1.29, 1.82) is 5.26 Å². The molecule has 0 unspecified atom stereocenters. The molecule has 1 aliphatic heterocycles. The van der Waals surface area contributed by atoms with Gasteiger partial charge in [-0.1, -0.05) is 30.3 Å². The van der Waals surface area contributed by atoms with E-state index < -0.39 is 10.0 Å². The smallest absolute Gasteiger partial charge is 0.267 e. The Morgan fingerprint density at radius 1 is 0.933 bits per heavy atom. The lowest BCUT2D eigenvalue weighted by atomic mass is 10.1. The maximum absolute atomic E-state index is 12.9. The quantitative estimate of drug-likeness (QED) is 0.647. The fraction of sp³-hybridized carbons (Fsp3) is 0.227. The first-order chi connectivity index (χ1) is 14.5. The maximum Gasteiger partial charge on any atom is 0.267 e. The van der Waals surface area contributed by atoms with Gasteiger partial charge in [-0.2, -0.15) is 14.7 Å². The summed E-state index contributed by atoms with van der Waals surface area (Å²) in [4.78, 5) is 12.6.